The molecule has 0 unspecified atom stereocenters. The number of benzene rings is 1. The molecule has 0 spiro atoms. The smallest absolute Gasteiger partial charge is 0.168 e. The summed E-state index contributed by atoms with van der Waals surface area (Å²) in [7, 11) is 0. The van der Waals surface area contributed by atoms with Gasteiger partial charge in [-0.05, 0) is 29.1 Å². The highest BCUT2D eigenvalue weighted by molar-refractivity contribution is 7.08. The van der Waals surface area contributed by atoms with Crippen LogP contribution in [0.1, 0.15) is 15.9 Å². The zero-order valence-electron chi connectivity index (χ0n) is 8.14. The van der Waals surface area contributed by atoms with Crippen LogP contribution in [0.2, 0.25) is 0 Å². The highest BCUT2D eigenvalue weighted by atomic mass is 32.1. The van der Waals surface area contributed by atoms with Gasteiger partial charge in [-0.2, -0.15) is 11.3 Å². The maximum Gasteiger partial charge on any atom is 0.168 e. The SMILES string of the molecule is Nc1cccc(CC(=O)c2ccsc2)c1. The Morgan fingerprint density at radius 3 is 2.87 bits per heavy atom. The normalized spacial score (nSPS) is 10.1. The summed E-state index contributed by atoms with van der Waals surface area (Å²) in [5.74, 6) is 0.141. The van der Waals surface area contributed by atoms with Crippen molar-refractivity contribution in [3.63, 3.8) is 0 Å². The molecule has 2 aromatic rings. The van der Waals surface area contributed by atoms with Gasteiger partial charge in [-0.1, -0.05) is 12.1 Å². The first-order valence-electron chi connectivity index (χ1n) is 4.65. The fourth-order valence-electron chi connectivity index (χ4n) is 1.41. The van der Waals surface area contributed by atoms with Crippen LogP contribution in [0.4, 0.5) is 5.69 Å². The van der Waals surface area contributed by atoms with Gasteiger partial charge in [-0.3, -0.25) is 4.79 Å². The van der Waals surface area contributed by atoms with Crippen LogP contribution in [-0.4, -0.2) is 5.78 Å². The number of hydrogen-bond donors (Lipinski definition) is 1. The van der Waals surface area contributed by atoms with Gasteiger partial charge in [0.1, 0.15) is 0 Å². The summed E-state index contributed by atoms with van der Waals surface area (Å²) in [5, 5.41) is 3.78. The van der Waals surface area contributed by atoms with E-state index in [-0.39, 0.29) is 5.78 Å². The first-order valence-corrected chi connectivity index (χ1v) is 5.60. The Morgan fingerprint density at radius 1 is 1.33 bits per heavy atom. The number of rotatable bonds is 3. The molecular weight excluding hydrogens is 206 g/mol. The zero-order valence-corrected chi connectivity index (χ0v) is 8.96. The van der Waals surface area contributed by atoms with E-state index in [1.54, 1.807) is 0 Å². The van der Waals surface area contributed by atoms with Crippen LogP contribution in [0.15, 0.2) is 41.1 Å². The molecule has 2 N–H and O–H groups in total. The summed E-state index contributed by atoms with van der Waals surface area (Å²) in [5.41, 5.74) is 8.09. The summed E-state index contributed by atoms with van der Waals surface area (Å²) in [6, 6.07) is 9.29. The summed E-state index contributed by atoms with van der Waals surface area (Å²) in [6.07, 6.45) is 0.418. The third-order valence-electron chi connectivity index (χ3n) is 2.16. The molecule has 15 heavy (non-hydrogen) atoms. The maximum absolute atomic E-state index is 11.8. The van der Waals surface area contributed by atoms with E-state index in [1.165, 1.54) is 11.3 Å². The highest BCUT2D eigenvalue weighted by Crippen LogP contribution is 2.12. The first kappa shape index (κ1) is 9.93. The number of thiophene rings is 1. The lowest BCUT2D eigenvalue weighted by molar-refractivity contribution is 0.0993. The lowest BCUT2D eigenvalue weighted by Gasteiger charge is -2.00. The molecule has 2 rings (SSSR count). The number of carbonyl (C=O) groups is 1. The predicted molar refractivity (Wildman–Crippen MR) is 63.2 cm³/mol. The Kier molecular flexibility index (Phi) is 2.83. The van der Waals surface area contributed by atoms with E-state index in [9.17, 15) is 4.79 Å². The van der Waals surface area contributed by atoms with Crippen LogP contribution in [0.3, 0.4) is 0 Å². The molecule has 0 aliphatic rings. The predicted octanol–water partition coefficient (Wildman–Crippen LogP) is 2.76. The molecule has 0 amide bonds. The van der Waals surface area contributed by atoms with E-state index in [0.29, 0.717) is 12.1 Å². The van der Waals surface area contributed by atoms with Crippen molar-refractivity contribution in [3.8, 4) is 0 Å². The van der Waals surface area contributed by atoms with Crippen LogP contribution in [0.5, 0.6) is 0 Å². The van der Waals surface area contributed by atoms with Crippen molar-refractivity contribution in [1.29, 1.82) is 0 Å². The van der Waals surface area contributed by atoms with Crippen LogP contribution in [0, 0.1) is 0 Å². The van der Waals surface area contributed by atoms with Crippen LogP contribution >= 0.6 is 11.3 Å². The van der Waals surface area contributed by atoms with Gasteiger partial charge < -0.3 is 5.73 Å². The van der Waals surface area contributed by atoms with E-state index < -0.39 is 0 Å². The number of carbonyl (C=O) groups excluding carboxylic acids is 1. The van der Waals surface area contributed by atoms with Gasteiger partial charge in [0.05, 0.1) is 0 Å². The van der Waals surface area contributed by atoms with Gasteiger partial charge in [0.25, 0.3) is 0 Å². The zero-order chi connectivity index (χ0) is 10.7. The molecule has 3 heteroatoms. The third kappa shape index (κ3) is 2.44. The molecule has 1 aromatic carbocycles. The number of hydrogen-bond acceptors (Lipinski definition) is 3. The molecule has 0 aliphatic carbocycles. The largest absolute Gasteiger partial charge is 0.399 e. The highest BCUT2D eigenvalue weighted by Gasteiger charge is 2.06. The molecule has 0 fully saturated rings. The van der Waals surface area contributed by atoms with Crippen molar-refractivity contribution in [3.05, 3.63) is 52.2 Å². The Hall–Kier alpha value is -1.61. The Labute approximate surface area is 92.4 Å². The molecule has 0 bridgehead atoms. The summed E-state index contributed by atoms with van der Waals surface area (Å²) < 4.78 is 0. The van der Waals surface area contributed by atoms with Crippen molar-refractivity contribution in [1.82, 2.24) is 0 Å². The molecule has 0 saturated carbocycles. The van der Waals surface area contributed by atoms with Crippen LogP contribution in [-0.2, 0) is 6.42 Å². The summed E-state index contributed by atoms with van der Waals surface area (Å²) in [6.45, 7) is 0. The van der Waals surface area contributed by atoms with Gasteiger partial charge in [0.2, 0.25) is 0 Å². The minimum Gasteiger partial charge on any atom is -0.399 e. The van der Waals surface area contributed by atoms with Crippen molar-refractivity contribution in [2.45, 2.75) is 6.42 Å². The Balaban J connectivity index is 2.13. The number of anilines is 1. The monoisotopic (exact) mass is 217 g/mol. The topological polar surface area (TPSA) is 43.1 Å². The lowest BCUT2D eigenvalue weighted by atomic mass is 10.1. The van der Waals surface area contributed by atoms with Crippen LogP contribution in [0.25, 0.3) is 0 Å². The van der Waals surface area contributed by atoms with Crippen LogP contribution < -0.4 is 5.73 Å². The van der Waals surface area contributed by atoms with Gasteiger partial charge >= 0.3 is 0 Å². The number of Topliss-reactive ketones (excluding diaryl/α,β-unsaturated/α-hetero) is 1. The Morgan fingerprint density at radius 2 is 2.20 bits per heavy atom. The Bertz CT molecular complexity index is 462. The van der Waals surface area contributed by atoms with Crippen molar-refractivity contribution in [2.24, 2.45) is 0 Å². The molecule has 0 saturated heterocycles. The number of nitrogens with two attached hydrogens (primary N) is 1. The van der Waals surface area contributed by atoms with E-state index in [1.807, 2.05) is 41.1 Å². The van der Waals surface area contributed by atoms with Gasteiger partial charge in [0, 0.05) is 23.1 Å². The molecule has 1 heterocycles. The van der Waals surface area contributed by atoms with E-state index >= 15 is 0 Å². The first-order chi connectivity index (χ1) is 7.25. The minimum atomic E-state index is 0.141. The second kappa shape index (κ2) is 4.28. The molecule has 0 radical (unpaired) electrons. The van der Waals surface area contributed by atoms with Crippen molar-refractivity contribution in [2.75, 3.05) is 5.73 Å². The lowest BCUT2D eigenvalue weighted by Crippen LogP contribution is -2.02. The standard InChI is InChI=1S/C12H11NOS/c13-11-3-1-2-9(6-11)7-12(14)10-4-5-15-8-10/h1-6,8H,7,13H2. The second-order valence-corrected chi connectivity index (χ2v) is 4.14. The number of ketones is 1. The third-order valence-corrected chi connectivity index (χ3v) is 2.84. The minimum absolute atomic E-state index is 0.141. The van der Waals surface area contributed by atoms with Gasteiger partial charge in [-0.15, -0.1) is 0 Å². The summed E-state index contributed by atoms with van der Waals surface area (Å²) in [4.78, 5) is 11.8. The van der Waals surface area contributed by atoms with Gasteiger partial charge in [0.15, 0.2) is 5.78 Å². The van der Waals surface area contributed by atoms with Crippen molar-refractivity contribution >= 4 is 22.8 Å². The molecular formula is C12H11NOS. The fraction of sp³-hybridized carbons (Fsp3) is 0.0833. The fourth-order valence-corrected chi connectivity index (χ4v) is 2.07. The van der Waals surface area contributed by atoms with Crippen molar-refractivity contribution < 1.29 is 4.79 Å². The van der Waals surface area contributed by atoms with E-state index in [2.05, 4.69) is 0 Å². The molecule has 76 valence electrons. The van der Waals surface area contributed by atoms with E-state index in [0.717, 1.165) is 11.1 Å². The average molecular weight is 217 g/mol. The quantitative estimate of drug-likeness (QED) is 0.634. The molecule has 1 aromatic heterocycles. The molecule has 0 atom stereocenters. The van der Waals surface area contributed by atoms with E-state index in [4.69, 9.17) is 5.73 Å². The molecule has 0 aliphatic heterocycles. The summed E-state index contributed by atoms with van der Waals surface area (Å²) >= 11 is 1.54. The maximum atomic E-state index is 11.8. The second-order valence-electron chi connectivity index (χ2n) is 3.36. The average Bonchev–Trinajstić information content (AvgIpc) is 2.70. The van der Waals surface area contributed by atoms with Gasteiger partial charge in [-0.25, -0.2) is 0 Å². The number of nitrogen functional groups attached to an aromatic ring is 1. The molecule has 2 nitrogen and oxygen atoms in total.